The topological polar surface area (TPSA) is 35.0 Å². The molecular formula is C8H12N2O. The molecule has 0 spiro atoms. The van der Waals surface area contributed by atoms with E-state index in [0.29, 0.717) is 5.88 Å². The first kappa shape index (κ1) is 7.98. The van der Waals surface area contributed by atoms with Gasteiger partial charge >= 0.3 is 0 Å². The number of rotatable bonds is 3. The molecule has 3 nitrogen and oxygen atoms in total. The summed E-state index contributed by atoms with van der Waals surface area (Å²) in [5.74, 6) is 0.574. The van der Waals surface area contributed by atoms with Gasteiger partial charge in [-0.2, -0.15) is 5.10 Å². The molecule has 0 aliphatic rings. The van der Waals surface area contributed by atoms with Crippen LogP contribution in [0.2, 0.25) is 0 Å². The smallest absolute Gasteiger partial charge is 0.233 e. The Labute approximate surface area is 66.4 Å². The minimum absolute atomic E-state index is 0.574. The first-order chi connectivity index (χ1) is 5.36. The Bertz CT molecular complexity index is 208. The average molecular weight is 152 g/mol. The summed E-state index contributed by atoms with van der Waals surface area (Å²) in [6, 6.07) is 3.77. The molecule has 60 valence electrons. The number of methoxy groups -OCH3 is 1. The highest BCUT2D eigenvalue weighted by Gasteiger charge is 1.94. The molecule has 0 atom stereocenters. The van der Waals surface area contributed by atoms with Gasteiger partial charge in [-0.15, -0.1) is 5.10 Å². The predicted octanol–water partition coefficient (Wildman–Crippen LogP) is 1.44. The van der Waals surface area contributed by atoms with Gasteiger partial charge in [0.05, 0.1) is 12.8 Å². The molecule has 0 fully saturated rings. The highest BCUT2D eigenvalue weighted by molar-refractivity contribution is 5.11. The summed E-state index contributed by atoms with van der Waals surface area (Å²) in [6.45, 7) is 2.12. The van der Waals surface area contributed by atoms with Crippen molar-refractivity contribution >= 4 is 0 Å². The molecular weight excluding hydrogens is 140 g/mol. The fraction of sp³-hybridized carbons (Fsp3) is 0.500. The summed E-state index contributed by atoms with van der Waals surface area (Å²) in [5.41, 5.74) is 1.02. The first-order valence-electron chi connectivity index (χ1n) is 3.73. The van der Waals surface area contributed by atoms with E-state index in [0.717, 1.165) is 18.5 Å². The Kier molecular flexibility index (Phi) is 2.83. The van der Waals surface area contributed by atoms with Crippen LogP contribution < -0.4 is 4.74 Å². The number of hydrogen-bond donors (Lipinski definition) is 0. The Morgan fingerprint density at radius 2 is 2.18 bits per heavy atom. The van der Waals surface area contributed by atoms with Crippen LogP contribution in [0.3, 0.4) is 0 Å². The standard InChI is InChI=1S/C8H12N2O/c1-3-4-7-5-6-8(11-2)10-9-7/h5-6H,3-4H2,1-2H3. The quantitative estimate of drug-likeness (QED) is 0.657. The van der Waals surface area contributed by atoms with E-state index < -0.39 is 0 Å². The summed E-state index contributed by atoms with van der Waals surface area (Å²) in [4.78, 5) is 0. The highest BCUT2D eigenvalue weighted by atomic mass is 16.5. The van der Waals surface area contributed by atoms with Gasteiger partial charge in [0.2, 0.25) is 5.88 Å². The maximum atomic E-state index is 4.87. The highest BCUT2D eigenvalue weighted by Crippen LogP contribution is 2.04. The third-order valence-electron chi connectivity index (χ3n) is 1.41. The summed E-state index contributed by atoms with van der Waals surface area (Å²) < 4.78 is 4.87. The van der Waals surface area contributed by atoms with Gasteiger partial charge in [0.1, 0.15) is 0 Å². The van der Waals surface area contributed by atoms with Crippen molar-refractivity contribution in [2.75, 3.05) is 7.11 Å². The van der Waals surface area contributed by atoms with Crippen molar-refractivity contribution in [1.29, 1.82) is 0 Å². The van der Waals surface area contributed by atoms with E-state index in [2.05, 4.69) is 17.1 Å². The number of nitrogens with zero attached hydrogens (tertiary/aromatic N) is 2. The second kappa shape index (κ2) is 3.91. The molecule has 1 rings (SSSR count). The zero-order chi connectivity index (χ0) is 8.10. The molecule has 11 heavy (non-hydrogen) atoms. The molecule has 0 aromatic carbocycles. The predicted molar refractivity (Wildman–Crippen MR) is 42.6 cm³/mol. The van der Waals surface area contributed by atoms with Gasteiger partial charge in [-0.05, 0) is 12.5 Å². The van der Waals surface area contributed by atoms with E-state index in [1.165, 1.54) is 0 Å². The third-order valence-corrected chi connectivity index (χ3v) is 1.41. The van der Waals surface area contributed by atoms with Crippen LogP contribution >= 0.6 is 0 Å². The van der Waals surface area contributed by atoms with Gasteiger partial charge in [0.15, 0.2) is 0 Å². The van der Waals surface area contributed by atoms with Crippen LogP contribution in [-0.4, -0.2) is 17.3 Å². The van der Waals surface area contributed by atoms with E-state index in [1.54, 1.807) is 7.11 Å². The summed E-state index contributed by atoms with van der Waals surface area (Å²) >= 11 is 0. The molecule has 0 radical (unpaired) electrons. The second-order valence-corrected chi connectivity index (χ2v) is 2.32. The van der Waals surface area contributed by atoms with E-state index in [-0.39, 0.29) is 0 Å². The van der Waals surface area contributed by atoms with Gasteiger partial charge in [0, 0.05) is 6.07 Å². The molecule has 0 aliphatic carbocycles. The van der Waals surface area contributed by atoms with Gasteiger partial charge in [-0.1, -0.05) is 13.3 Å². The minimum Gasteiger partial charge on any atom is -0.480 e. The van der Waals surface area contributed by atoms with Gasteiger partial charge in [-0.3, -0.25) is 0 Å². The Morgan fingerprint density at radius 1 is 1.36 bits per heavy atom. The minimum atomic E-state index is 0.574. The number of hydrogen-bond acceptors (Lipinski definition) is 3. The van der Waals surface area contributed by atoms with Crippen molar-refractivity contribution in [2.24, 2.45) is 0 Å². The SMILES string of the molecule is CCCc1ccc(OC)nn1. The number of aryl methyl sites for hydroxylation is 1. The zero-order valence-electron chi connectivity index (χ0n) is 6.87. The Hall–Kier alpha value is -1.12. The van der Waals surface area contributed by atoms with Gasteiger partial charge in [-0.25, -0.2) is 0 Å². The first-order valence-corrected chi connectivity index (χ1v) is 3.73. The maximum Gasteiger partial charge on any atom is 0.233 e. The average Bonchev–Trinajstić information content (AvgIpc) is 2.07. The zero-order valence-corrected chi connectivity index (χ0v) is 6.87. The lowest BCUT2D eigenvalue weighted by Gasteiger charge is -1.98. The van der Waals surface area contributed by atoms with Crippen LogP contribution in [0.1, 0.15) is 19.0 Å². The Morgan fingerprint density at radius 3 is 2.64 bits per heavy atom. The molecule has 0 N–H and O–H groups in total. The van der Waals surface area contributed by atoms with Gasteiger partial charge < -0.3 is 4.74 Å². The molecule has 0 saturated heterocycles. The van der Waals surface area contributed by atoms with Crippen molar-refractivity contribution in [3.05, 3.63) is 17.8 Å². The molecule has 0 amide bonds. The molecule has 1 aromatic rings. The normalized spacial score (nSPS) is 9.64. The molecule has 1 aromatic heterocycles. The van der Waals surface area contributed by atoms with Crippen LogP contribution in [0.15, 0.2) is 12.1 Å². The summed E-state index contributed by atoms with van der Waals surface area (Å²) in [6.07, 6.45) is 2.08. The Balaban J connectivity index is 2.66. The molecule has 0 unspecified atom stereocenters. The lowest BCUT2D eigenvalue weighted by molar-refractivity contribution is 0.391. The largest absolute Gasteiger partial charge is 0.480 e. The number of ether oxygens (including phenoxy) is 1. The second-order valence-electron chi connectivity index (χ2n) is 2.32. The monoisotopic (exact) mass is 152 g/mol. The van der Waals surface area contributed by atoms with Crippen LogP contribution in [0.25, 0.3) is 0 Å². The summed E-state index contributed by atoms with van der Waals surface area (Å²) in [5, 5.41) is 7.81. The van der Waals surface area contributed by atoms with E-state index >= 15 is 0 Å². The lowest BCUT2D eigenvalue weighted by atomic mass is 10.2. The molecule has 0 aliphatic heterocycles. The third kappa shape index (κ3) is 2.18. The van der Waals surface area contributed by atoms with Crippen LogP contribution in [0.4, 0.5) is 0 Å². The molecule has 1 heterocycles. The summed E-state index contributed by atoms with van der Waals surface area (Å²) in [7, 11) is 1.59. The van der Waals surface area contributed by atoms with Crippen LogP contribution in [-0.2, 0) is 6.42 Å². The van der Waals surface area contributed by atoms with Crippen LogP contribution in [0, 0.1) is 0 Å². The molecule has 0 saturated carbocycles. The molecule has 0 bridgehead atoms. The fourth-order valence-corrected chi connectivity index (χ4v) is 0.846. The van der Waals surface area contributed by atoms with Crippen molar-refractivity contribution in [3.8, 4) is 5.88 Å². The van der Waals surface area contributed by atoms with Crippen molar-refractivity contribution in [2.45, 2.75) is 19.8 Å². The maximum absolute atomic E-state index is 4.87. The van der Waals surface area contributed by atoms with Crippen molar-refractivity contribution in [3.63, 3.8) is 0 Å². The fourth-order valence-electron chi connectivity index (χ4n) is 0.846. The van der Waals surface area contributed by atoms with Crippen molar-refractivity contribution < 1.29 is 4.74 Å². The lowest BCUT2D eigenvalue weighted by Crippen LogP contribution is -1.94. The van der Waals surface area contributed by atoms with Gasteiger partial charge in [0.25, 0.3) is 0 Å². The van der Waals surface area contributed by atoms with Crippen LogP contribution in [0.5, 0.6) is 5.88 Å². The van der Waals surface area contributed by atoms with E-state index in [1.807, 2.05) is 12.1 Å². The van der Waals surface area contributed by atoms with Crippen molar-refractivity contribution in [1.82, 2.24) is 10.2 Å². The van der Waals surface area contributed by atoms with E-state index in [9.17, 15) is 0 Å². The van der Waals surface area contributed by atoms with E-state index in [4.69, 9.17) is 4.74 Å². The molecule has 3 heteroatoms. The number of aromatic nitrogens is 2.